The van der Waals surface area contributed by atoms with Crippen LogP contribution in [0, 0.1) is 5.41 Å². The Bertz CT molecular complexity index is 252. The first-order chi connectivity index (χ1) is 6.46. The second-order valence-corrected chi connectivity index (χ2v) is 4.23. The maximum Gasteiger partial charge on any atom is 0.309 e. The molecule has 0 aromatic carbocycles. The molecule has 4 nitrogen and oxygen atoms in total. The average Bonchev–Trinajstić information content (AvgIpc) is 2.28. The second-order valence-electron chi connectivity index (χ2n) is 4.23. The summed E-state index contributed by atoms with van der Waals surface area (Å²) in [7, 11) is 0. The zero-order valence-electron chi connectivity index (χ0n) is 8.75. The third kappa shape index (κ3) is 2.25. The number of nitrogens with zero attached hydrogens (tertiary/aromatic N) is 1. The van der Waals surface area contributed by atoms with Gasteiger partial charge >= 0.3 is 5.97 Å². The van der Waals surface area contributed by atoms with Gasteiger partial charge in [0.25, 0.3) is 0 Å². The fourth-order valence-corrected chi connectivity index (χ4v) is 1.81. The van der Waals surface area contributed by atoms with Crippen LogP contribution in [0.2, 0.25) is 0 Å². The fraction of sp³-hybridized carbons (Fsp3) is 0.800. The first-order valence-corrected chi connectivity index (χ1v) is 4.95. The van der Waals surface area contributed by atoms with Crippen molar-refractivity contribution in [3.63, 3.8) is 0 Å². The molecule has 0 aliphatic carbocycles. The lowest BCUT2D eigenvalue weighted by Gasteiger charge is -2.22. The van der Waals surface area contributed by atoms with Crippen molar-refractivity contribution in [1.29, 1.82) is 0 Å². The van der Waals surface area contributed by atoms with Gasteiger partial charge in [0.05, 0.1) is 5.41 Å². The van der Waals surface area contributed by atoms with Crippen LogP contribution in [0.4, 0.5) is 0 Å². The Morgan fingerprint density at radius 2 is 1.93 bits per heavy atom. The molecule has 1 rings (SSSR count). The molecule has 0 bridgehead atoms. The number of carboxylic acids is 1. The Morgan fingerprint density at radius 3 is 2.43 bits per heavy atom. The van der Waals surface area contributed by atoms with E-state index in [9.17, 15) is 9.59 Å². The van der Waals surface area contributed by atoms with Gasteiger partial charge in [0.15, 0.2) is 0 Å². The van der Waals surface area contributed by atoms with Gasteiger partial charge in [-0.2, -0.15) is 0 Å². The molecule has 1 atom stereocenters. The lowest BCUT2D eigenvalue weighted by atomic mass is 9.83. The third-order valence-corrected chi connectivity index (χ3v) is 3.05. The van der Waals surface area contributed by atoms with Crippen LogP contribution in [0.5, 0.6) is 0 Å². The number of hydrogen-bond donors (Lipinski definition) is 1. The lowest BCUT2D eigenvalue weighted by molar-refractivity contribution is -0.148. The van der Waals surface area contributed by atoms with Crippen molar-refractivity contribution < 1.29 is 14.7 Å². The summed E-state index contributed by atoms with van der Waals surface area (Å²) in [6.07, 6.45) is 2.00. The summed E-state index contributed by atoms with van der Waals surface area (Å²) in [6.45, 7) is 4.55. The van der Waals surface area contributed by atoms with E-state index in [1.165, 1.54) is 6.92 Å². The van der Waals surface area contributed by atoms with Crippen LogP contribution in [0.25, 0.3) is 0 Å². The predicted octanol–water partition coefficient (Wildman–Crippen LogP) is 1.11. The van der Waals surface area contributed by atoms with E-state index < -0.39 is 11.4 Å². The van der Waals surface area contributed by atoms with Crippen molar-refractivity contribution in [3.05, 3.63) is 0 Å². The Balaban J connectivity index is 2.65. The van der Waals surface area contributed by atoms with Gasteiger partial charge in [-0.1, -0.05) is 0 Å². The molecule has 14 heavy (non-hydrogen) atoms. The minimum absolute atomic E-state index is 0.0413. The lowest BCUT2D eigenvalue weighted by Crippen LogP contribution is -2.32. The molecule has 4 heteroatoms. The number of carboxylic acid groups (broad SMARTS) is 1. The molecule has 0 aromatic heterocycles. The van der Waals surface area contributed by atoms with Gasteiger partial charge in [0, 0.05) is 20.0 Å². The third-order valence-electron chi connectivity index (χ3n) is 3.05. The fourth-order valence-electron chi connectivity index (χ4n) is 1.81. The molecule has 0 unspecified atom stereocenters. The number of aliphatic carboxylic acids is 1. The molecular formula is C10H17NO3. The van der Waals surface area contributed by atoms with Crippen molar-refractivity contribution >= 4 is 11.9 Å². The van der Waals surface area contributed by atoms with Gasteiger partial charge in [-0.15, -0.1) is 0 Å². The minimum atomic E-state index is -0.747. The summed E-state index contributed by atoms with van der Waals surface area (Å²) in [4.78, 5) is 23.8. The Hall–Kier alpha value is -1.06. The number of rotatable bonds is 1. The highest BCUT2D eigenvalue weighted by Crippen LogP contribution is 2.30. The zero-order chi connectivity index (χ0) is 10.8. The van der Waals surface area contributed by atoms with E-state index in [1.54, 1.807) is 11.8 Å². The molecule has 80 valence electrons. The molecule has 0 saturated carbocycles. The van der Waals surface area contributed by atoms with E-state index in [4.69, 9.17) is 5.11 Å². The molecule has 0 aromatic rings. The van der Waals surface area contributed by atoms with Crippen LogP contribution in [0.15, 0.2) is 0 Å². The van der Waals surface area contributed by atoms with Gasteiger partial charge in [-0.25, -0.2) is 0 Å². The van der Waals surface area contributed by atoms with E-state index in [2.05, 4.69) is 0 Å². The summed E-state index contributed by atoms with van der Waals surface area (Å²) in [6, 6.07) is 0. The monoisotopic (exact) mass is 199 g/mol. The molecule has 0 radical (unpaired) electrons. The van der Waals surface area contributed by atoms with Crippen molar-refractivity contribution in [2.75, 3.05) is 13.1 Å². The Morgan fingerprint density at radius 1 is 1.29 bits per heavy atom. The molecule has 1 N–H and O–H groups in total. The van der Waals surface area contributed by atoms with Crippen molar-refractivity contribution in [1.82, 2.24) is 4.90 Å². The van der Waals surface area contributed by atoms with Crippen LogP contribution in [-0.2, 0) is 9.59 Å². The number of hydrogen-bond acceptors (Lipinski definition) is 2. The highest BCUT2D eigenvalue weighted by molar-refractivity contribution is 5.75. The maximum atomic E-state index is 11.1. The van der Waals surface area contributed by atoms with E-state index in [0.29, 0.717) is 25.9 Å². The van der Waals surface area contributed by atoms with Crippen molar-refractivity contribution in [2.24, 2.45) is 5.41 Å². The van der Waals surface area contributed by atoms with E-state index in [1.807, 2.05) is 0 Å². The van der Waals surface area contributed by atoms with Crippen molar-refractivity contribution in [3.8, 4) is 0 Å². The van der Waals surface area contributed by atoms with Crippen LogP contribution < -0.4 is 0 Å². The topological polar surface area (TPSA) is 57.6 Å². The first kappa shape index (κ1) is 11.0. The molecular weight excluding hydrogens is 182 g/mol. The highest BCUT2D eigenvalue weighted by Gasteiger charge is 2.35. The summed E-state index contributed by atoms with van der Waals surface area (Å²) in [5.74, 6) is -0.706. The van der Waals surface area contributed by atoms with Crippen LogP contribution in [-0.4, -0.2) is 35.0 Å². The number of carbonyl (C=O) groups is 2. The minimum Gasteiger partial charge on any atom is -0.481 e. The number of amides is 1. The maximum absolute atomic E-state index is 11.1. The van der Waals surface area contributed by atoms with Crippen LogP contribution >= 0.6 is 0 Å². The first-order valence-electron chi connectivity index (χ1n) is 4.95. The zero-order valence-corrected chi connectivity index (χ0v) is 8.75. The second kappa shape index (κ2) is 3.98. The summed E-state index contributed by atoms with van der Waals surface area (Å²) >= 11 is 0. The standard InChI is InChI=1S/C10H17NO3/c1-8(12)11-6-3-4-10(2,5-7-11)9(13)14/h3-7H2,1-2H3,(H,13,14)/t10-/m1/s1. The van der Waals surface area contributed by atoms with Gasteiger partial charge in [0.1, 0.15) is 0 Å². The Kier molecular flexibility index (Phi) is 3.13. The molecule has 1 aliphatic rings. The van der Waals surface area contributed by atoms with Gasteiger partial charge in [-0.3, -0.25) is 9.59 Å². The van der Waals surface area contributed by atoms with Crippen LogP contribution in [0.1, 0.15) is 33.1 Å². The molecule has 0 spiro atoms. The van der Waals surface area contributed by atoms with E-state index >= 15 is 0 Å². The predicted molar refractivity (Wildman–Crippen MR) is 51.8 cm³/mol. The Labute approximate surface area is 83.9 Å². The van der Waals surface area contributed by atoms with Crippen molar-refractivity contribution in [2.45, 2.75) is 33.1 Å². The molecule has 1 saturated heterocycles. The quantitative estimate of drug-likeness (QED) is 0.688. The molecule has 1 aliphatic heterocycles. The van der Waals surface area contributed by atoms with Gasteiger partial charge in [0.2, 0.25) is 5.91 Å². The molecule has 1 heterocycles. The molecule has 1 amide bonds. The smallest absolute Gasteiger partial charge is 0.309 e. The SMILES string of the molecule is CC(=O)N1CCC[C@@](C)(C(=O)O)CC1. The number of carbonyl (C=O) groups excluding carboxylic acids is 1. The molecule has 1 fully saturated rings. The highest BCUT2D eigenvalue weighted by atomic mass is 16.4. The van der Waals surface area contributed by atoms with Gasteiger partial charge < -0.3 is 10.0 Å². The largest absolute Gasteiger partial charge is 0.481 e. The van der Waals surface area contributed by atoms with E-state index in [0.717, 1.165) is 6.42 Å². The summed E-state index contributed by atoms with van der Waals surface area (Å²) < 4.78 is 0. The summed E-state index contributed by atoms with van der Waals surface area (Å²) in [5, 5.41) is 9.04. The normalized spacial score (nSPS) is 28.3. The van der Waals surface area contributed by atoms with Gasteiger partial charge in [-0.05, 0) is 26.2 Å². The van der Waals surface area contributed by atoms with Crippen LogP contribution in [0.3, 0.4) is 0 Å². The summed E-state index contributed by atoms with van der Waals surface area (Å²) in [5.41, 5.74) is -0.649. The average molecular weight is 199 g/mol. The van der Waals surface area contributed by atoms with E-state index in [-0.39, 0.29) is 5.91 Å². The number of likely N-dealkylation sites (tertiary alicyclic amines) is 1.